The van der Waals surface area contributed by atoms with Crippen molar-refractivity contribution in [1.82, 2.24) is 5.32 Å². The van der Waals surface area contributed by atoms with Crippen molar-refractivity contribution in [2.24, 2.45) is 0 Å². The van der Waals surface area contributed by atoms with E-state index in [9.17, 15) is 0 Å². The van der Waals surface area contributed by atoms with E-state index in [-0.39, 0.29) is 0 Å². The van der Waals surface area contributed by atoms with Crippen LogP contribution in [0.25, 0.3) is 4.91 Å². The van der Waals surface area contributed by atoms with Crippen molar-refractivity contribution < 1.29 is 0 Å². The number of hydrogen-bond acceptors (Lipinski definition) is 3. The van der Waals surface area contributed by atoms with Gasteiger partial charge in [-0.1, -0.05) is 36.0 Å². The summed E-state index contributed by atoms with van der Waals surface area (Å²) in [5, 5.41) is 5.96. The summed E-state index contributed by atoms with van der Waals surface area (Å²) < 4.78 is 0. The molecular formula is C24H28N2S. The van der Waals surface area contributed by atoms with E-state index in [4.69, 9.17) is 5.73 Å². The Kier molecular flexibility index (Phi) is 5.05. The van der Waals surface area contributed by atoms with Crippen LogP contribution >= 0.6 is 11.8 Å². The maximum absolute atomic E-state index is 6.04. The Balaban J connectivity index is 1.57. The Morgan fingerprint density at radius 3 is 2.67 bits per heavy atom. The van der Waals surface area contributed by atoms with Gasteiger partial charge in [0.1, 0.15) is 0 Å². The average Bonchev–Trinajstić information content (AvgIpc) is 2.66. The fourth-order valence-corrected chi connectivity index (χ4v) is 5.13. The third-order valence-electron chi connectivity index (χ3n) is 5.75. The molecule has 1 aliphatic carbocycles. The molecule has 0 atom stereocenters. The predicted octanol–water partition coefficient (Wildman–Crippen LogP) is 5.87. The molecule has 0 radical (unpaired) electrons. The Morgan fingerprint density at radius 1 is 1.04 bits per heavy atom. The molecule has 3 N–H and O–H groups in total. The molecule has 0 fully saturated rings. The highest BCUT2D eigenvalue weighted by atomic mass is 32.2. The van der Waals surface area contributed by atoms with Crippen LogP contribution in [0.5, 0.6) is 0 Å². The van der Waals surface area contributed by atoms with Crippen LogP contribution in [0.2, 0.25) is 0 Å². The number of aryl methyl sites for hydroxylation is 3. The first kappa shape index (κ1) is 18.2. The van der Waals surface area contributed by atoms with Gasteiger partial charge in [-0.25, -0.2) is 0 Å². The molecule has 2 aliphatic rings. The maximum Gasteiger partial charge on any atom is 0.0382 e. The molecule has 0 amide bonds. The first-order chi connectivity index (χ1) is 13.0. The molecule has 2 aromatic carbocycles. The Hall–Kier alpha value is -2.13. The number of allylic oxidation sites excluding steroid dienone is 2. The number of anilines is 1. The van der Waals surface area contributed by atoms with E-state index in [0.29, 0.717) is 0 Å². The van der Waals surface area contributed by atoms with Gasteiger partial charge in [0.15, 0.2) is 0 Å². The van der Waals surface area contributed by atoms with E-state index < -0.39 is 0 Å². The zero-order valence-electron chi connectivity index (χ0n) is 16.5. The van der Waals surface area contributed by atoms with Crippen LogP contribution in [0.15, 0.2) is 47.1 Å². The van der Waals surface area contributed by atoms with Gasteiger partial charge in [0, 0.05) is 28.4 Å². The lowest BCUT2D eigenvalue weighted by Gasteiger charge is -2.25. The summed E-state index contributed by atoms with van der Waals surface area (Å²) in [6.45, 7) is 6.43. The van der Waals surface area contributed by atoms with E-state index in [1.54, 1.807) is 11.1 Å². The fourth-order valence-electron chi connectivity index (χ4n) is 4.18. The van der Waals surface area contributed by atoms with Gasteiger partial charge >= 0.3 is 0 Å². The predicted molar refractivity (Wildman–Crippen MR) is 119 cm³/mol. The minimum absolute atomic E-state index is 0.878. The molecule has 2 nitrogen and oxygen atoms in total. The van der Waals surface area contributed by atoms with Crippen LogP contribution < -0.4 is 11.1 Å². The van der Waals surface area contributed by atoms with Gasteiger partial charge in [0.05, 0.1) is 0 Å². The van der Waals surface area contributed by atoms with Crippen molar-refractivity contribution in [3.63, 3.8) is 0 Å². The van der Waals surface area contributed by atoms with E-state index in [1.807, 2.05) is 11.8 Å². The molecule has 0 aromatic heterocycles. The van der Waals surface area contributed by atoms with Crippen molar-refractivity contribution >= 4 is 22.4 Å². The summed E-state index contributed by atoms with van der Waals surface area (Å²) in [7, 11) is 0. The number of fused-ring (bicyclic) bond motifs is 1. The molecule has 4 rings (SSSR count). The lowest BCUT2D eigenvalue weighted by Crippen LogP contribution is -2.18. The number of thioether (sulfide) groups is 1. The Morgan fingerprint density at radius 2 is 1.85 bits per heavy atom. The third kappa shape index (κ3) is 3.66. The van der Waals surface area contributed by atoms with Crippen LogP contribution in [0.1, 0.15) is 53.1 Å². The number of nitrogens with one attached hydrogen (secondary N) is 1. The number of rotatable bonds is 3. The number of nitrogen functional groups attached to an aromatic ring is 1. The van der Waals surface area contributed by atoms with Gasteiger partial charge in [-0.15, -0.1) is 0 Å². The Bertz CT molecular complexity index is 953. The summed E-state index contributed by atoms with van der Waals surface area (Å²) in [6, 6.07) is 11.1. The van der Waals surface area contributed by atoms with E-state index in [1.165, 1.54) is 58.7 Å². The third-order valence-corrected chi connectivity index (χ3v) is 6.92. The molecule has 0 saturated heterocycles. The van der Waals surface area contributed by atoms with Gasteiger partial charge in [0.25, 0.3) is 0 Å². The quantitative estimate of drug-likeness (QED) is 0.658. The monoisotopic (exact) mass is 376 g/mol. The molecule has 2 aromatic rings. The van der Waals surface area contributed by atoms with Crippen molar-refractivity contribution in [2.75, 3.05) is 5.73 Å². The summed E-state index contributed by atoms with van der Waals surface area (Å²) in [5.41, 5.74) is 17.7. The van der Waals surface area contributed by atoms with Gasteiger partial charge in [0.2, 0.25) is 0 Å². The lowest BCUT2D eigenvalue weighted by molar-refractivity contribution is 0.684. The fraction of sp³-hybridized carbons (Fsp3) is 0.333. The largest absolute Gasteiger partial charge is 0.399 e. The van der Waals surface area contributed by atoms with Crippen molar-refractivity contribution in [1.29, 1.82) is 0 Å². The summed E-state index contributed by atoms with van der Waals surface area (Å²) in [5.74, 6) is 0. The molecule has 0 spiro atoms. The minimum atomic E-state index is 0.878. The van der Waals surface area contributed by atoms with Crippen LogP contribution in [0.3, 0.4) is 0 Å². The summed E-state index contributed by atoms with van der Waals surface area (Å²) in [6.07, 6.45) is 5.99. The highest BCUT2D eigenvalue weighted by molar-refractivity contribution is 8.11. The van der Waals surface area contributed by atoms with Gasteiger partial charge < -0.3 is 11.1 Å². The first-order valence-electron chi connectivity index (χ1n) is 9.83. The van der Waals surface area contributed by atoms with Crippen LogP contribution in [-0.2, 0) is 19.3 Å². The molecule has 1 heterocycles. The highest BCUT2D eigenvalue weighted by Crippen LogP contribution is 2.39. The smallest absolute Gasteiger partial charge is 0.0382 e. The molecule has 3 heteroatoms. The molecule has 0 saturated carbocycles. The normalized spacial score (nSPS) is 16.6. The van der Waals surface area contributed by atoms with Gasteiger partial charge in [-0.2, -0.15) is 0 Å². The molecule has 27 heavy (non-hydrogen) atoms. The van der Waals surface area contributed by atoms with Crippen molar-refractivity contribution in [3.8, 4) is 0 Å². The maximum atomic E-state index is 6.04. The molecular weight excluding hydrogens is 348 g/mol. The number of nitrogens with two attached hydrogens (primary N) is 1. The minimum Gasteiger partial charge on any atom is -0.399 e. The number of benzene rings is 2. The topological polar surface area (TPSA) is 38.0 Å². The van der Waals surface area contributed by atoms with Crippen molar-refractivity contribution in [2.45, 2.75) is 52.9 Å². The second-order valence-electron chi connectivity index (χ2n) is 7.80. The molecule has 1 aliphatic heterocycles. The standard InChI is InChI=1S/C24H28N2S/c1-15-12-23(25)16(2)11-19(15)13-20-14-27-24(17(3)26-20)22-10-6-8-18-7-4-5-9-21(18)22/h6,8,10-12,14,26H,4-5,7,9,13,25H2,1-3H3. The number of hydrogen-bond donors (Lipinski definition) is 2. The zero-order chi connectivity index (χ0) is 19.0. The van der Waals surface area contributed by atoms with Crippen LogP contribution in [0, 0.1) is 13.8 Å². The zero-order valence-corrected chi connectivity index (χ0v) is 17.3. The van der Waals surface area contributed by atoms with Crippen LogP contribution in [-0.4, -0.2) is 0 Å². The first-order valence-corrected chi connectivity index (χ1v) is 10.7. The van der Waals surface area contributed by atoms with Gasteiger partial charge in [-0.3, -0.25) is 0 Å². The second-order valence-corrected chi connectivity index (χ2v) is 8.68. The average molecular weight is 377 g/mol. The van der Waals surface area contributed by atoms with Crippen LogP contribution in [0.4, 0.5) is 5.69 Å². The summed E-state index contributed by atoms with van der Waals surface area (Å²) in [4.78, 5) is 1.38. The summed E-state index contributed by atoms with van der Waals surface area (Å²) >= 11 is 1.87. The highest BCUT2D eigenvalue weighted by Gasteiger charge is 2.20. The van der Waals surface area contributed by atoms with E-state index in [2.05, 4.69) is 61.8 Å². The second kappa shape index (κ2) is 7.47. The van der Waals surface area contributed by atoms with Gasteiger partial charge in [-0.05, 0) is 91.3 Å². The molecule has 0 bridgehead atoms. The Labute approximate surface area is 166 Å². The SMILES string of the molecule is CC1=C(c2cccc3c2CCCC3)SC=C(Cc2cc(C)c(N)cc2C)N1. The van der Waals surface area contributed by atoms with Crippen molar-refractivity contribution in [3.05, 3.63) is 80.5 Å². The lowest BCUT2D eigenvalue weighted by atomic mass is 9.88. The van der Waals surface area contributed by atoms with E-state index in [0.717, 1.165) is 17.7 Å². The van der Waals surface area contributed by atoms with E-state index >= 15 is 0 Å². The molecule has 0 unspecified atom stereocenters. The molecule has 140 valence electrons.